The largest absolute Gasteiger partial charge is 0.497 e. The van der Waals surface area contributed by atoms with Crippen molar-refractivity contribution in [1.82, 2.24) is 5.32 Å². The van der Waals surface area contributed by atoms with E-state index in [0.717, 1.165) is 11.3 Å². The number of carbonyl (C=O) groups is 1. The van der Waals surface area contributed by atoms with Gasteiger partial charge in [-0.1, -0.05) is 26.0 Å². The van der Waals surface area contributed by atoms with Crippen LogP contribution in [0.2, 0.25) is 0 Å². The van der Waals surface area contributed by atoms with E-state index < -0.39 is 11.5 Å². The molecule has 0 saturated carbocycles. The van der Waals surface area contributed by atoms with Crippen LogP contribution >= 0.6 is 0 Å². The minimum atomic E-state index is -0.833. The molecule has 0 saturated heterocycles. The Hall–Kier alpha value is -1.55. The molecule has 0 heterocycles. The van der Waals surface area contributed by atoms with Gasteiger partial charge in [-0.15, -0.1) is 0 Å². The number of benzene rings is 1. The molecular weight excluding hydrogens is 230 g/mol. The van der Waals surface area contributed by atoms with Crippen molar-refractivity contribution in [2.45, 2.75) is 38.8 Å². The maximum absolute atomic E-state index is 11.3. The summed E-state index contributed by atoms with van der Waals surface area (Å²) in [6.07, 6.45) is 1.13. The van der Waals surface area contributed by atoms with Crippen molar-refractivity contribution in [2.75, 3.05) is 7.11 Å². The first kappa shape index (κ1) is 14.5. The Morgan fingerprint density at radius 1 is 1.28 bits per heavy atom. The van der Waals surface area contributed by atoms with E-state index in [2.05, 4.69) is 5.32 Å². The zero-order valence-corrected chi connectivity index (χ0v) is 11.2. The summed E-state index contributed by atoms with van der Waals surface area (Å²) in [5.74, 6) is 0.00948. The fourth-order valence-corrected chi connectivity index (χ4v) is 1.89. The summed E-state index contributed by atoms with van der Waals surface area (Å²) >= 11 is 0. The summed E-state index contributed by atoms with van der Waals surface area (Å²) < 4.78 is 5.08. The van der Waals surface area contributed by atoms with E-state index in [9.17, 15) is 9.90 Å². The Morgan fingerprint density at radius 2 is 1.83 bits per heavy atom. The second-order valence-corrected chi connectivity index (χ2v) is 4.30. The van der Waals surface area contributed by atoms with Crippen molar-refractivity contribution in [2.24, 2.45) is 0 Å². The molecule has 4 nitrogen and oxygen atoms in total. The van der Waals surface area contributed by atoms with Gasteiger partial charge < -0.3 is 9.84 Å². The van der Waals surface area contributed by atoms with Crippen LogP contribution in [0.25, 0.3) is 0 Å². The minimum Gasteiger partial charge on any atom is -0.497 e. The number of hydrogen-bond acceptors (Lipinski definition) is 3. The molecule has 0 amide bonds. The molecule has 0 aliphatic carbocycles. The normalized spacial score (nSPS) is 11.3. The number of ether oxygens (including phenoxy) is 1. The lowest BCUT2D eigenvalue weighted by atomic mass is 9.92. The van der Waals surface area contributed by atoms with Crippen LogP contribution in [0, 0.1) is 0 Å². The highest BCUT2D eigenvalue weighted by Gasteiger charge is 2.33. The number of aliphatic carboxylic acids is 1. The van der Waals surface area contributed by atoms with Crippen LogP contribution in [-0.4, -0.2) is 23.7 Å². The van der Waals surface area contributed by atoms with Crippen molar-refractivity contribution in [3.05, 3.63) is 29.8 Å². The summed E-state index contributed by atoms with van der Waals surface area (Å²) in [4.78, 5) is 11.3. The summed E-state index contributed by atoms with van der Waals surface area (Å²) in [5.41, 5.74) is 0.211. The first-order valence-electron chi connectivity index (χ1n) is 6.19. The molecule has 0 atom stereocenters. The first-order chi connectivity index (χ1) is 8.57. The quantitative estimate of drug-likeness (QED) is 0.781. The van der Waals surface area contributed by atoms with E-state index >= 15 is 0 Å². The van der Waals surface area contributed by atoms with Crippen LogP contribution in [0.15, 0.2) is 24.3 Å². The molecule has 1 aromatic rings. The van der Waals surface area contributed by atoms with E-state index in [0.29, 0.717) is 19.4 Å². The van der Waals surface area contributed by atoms with Gasteiger partial charge in [-0.25, -0.2) is 0 Å². The molecule has 18 heavy (non-hydrogen) atoms. The predicted octanol–water partition coefficient (Wildman–Crippen LogP) is 2.43. The second kappa shape index (κ2) is 6.40. The smallest absolute Gasteiger partial charge is 0.323 e. The number of nitrogens with one attached hydrogen (secondary N) is 1. The number of hydrogen-bond donors (Lipinski definition) is 2. The third kappa shape index (κ3) is 3.23. The molecule has 0 aliphatic rings. The molecule has 0 bridgehead atoms. The van der Waals surface area contributed by atoms with Gasteiger partial charge in [0, 0.05) is 6.54 Å². The number of carboxylic acid groups (broad SMARTS) is 1. The molecule has 2 N–H and O–H groups in total. The number of methoxy groups -OCH3 is 1. The minimum absolute atomic E-state index is 0.540. The highest BCUT2D eigenvalue weighted by molar-refractivity contribution is 5.78. The van der Waals surface area contributed by atoms with E-state index in [-0.39, 0.29) is 0 Å². The van der Waals surface area contributed by atoms with Crippen molar-refractivity contribution in [1.29, 1.82) is 0 Å². The number of rotatable bonds is 7. The lowest BCUT2D eigenvalue weighted by Crippen LogP contribution is -2.50. The fraction of sp³-hybridized carbons (Fsp3) is 0.500. The van der Waals surface area contributed by atoms with Gasteiger partial charge in [0.1, 0.15) is 11.3 Å². The molecule has 1 aromatic carbocycles. The first-order valence-corrected chi connectivity index (χ1v) is 6.19. The lowest BCUT2D eigenvalue weighted by Gasteiger charge is -2.28. The molecule has 0 spiro atoms. The van der Waals surface area contributed by atoms with Crippen molar-refractivity contribution in [3.8, 4) is 5.75 Å². The van der Waals surface area contributed by atoms with E-state index in [1.165, 1.54) is 0 Å². The number of carboxylic acids is 1. The molecule has 4 heteroatoms. The van der Waals surface area contributed by atoms with Gasteiger partial charge in [0.25, 0.3) is 0 Å². The maximum Gasteiger partial charge on any atom is 0.323 e. The fourth-order valence-electron chi connectivity index (χ4n) is 1.89. The molecule has 0 radical (unpaired) electrons. The molecule has 0 aromatic heterocycles. The van der Waals surface area contributed by atoms with Crippen LogP contribution in [0.3, 0.4) is 0 Å². The second-order valence-electron chi connectivity index (χ2n) is 4.30. The van der Waals surface area contributed by atoms with Gasteiger partial charge >= 0.3 is 5.97 Å². The lowest BCUT2D eigenvalue weighted by molar-refractivity contribution is -0.145. The van der Waals surface area contributed by atoms with Crippen LogP contribution in [0.1, 0.15) is 32.3 Å². The van der Waals surface area contributed by atoms with Gasteiger partial charge in [-0.2, -0.15) is 0 Å². The van der Waals surface area contributed by atoms with E-state index in [1.807, 2.05) is 38.1 Å². The molecule has 100 valence electrons. The van der Waals surface area contributed by atoms with Gasteiger partial charge in [0.15, 0.2) is 0 Å². The summed E-state index contributed by atoms with van der Waals surface area (Å²) in [7, 11) is 1.62. The van der Waals surface area contributed by atoms with Crippen LogP contribution in [0.4, 0.5) is 0 Å². The Morgan fingerprint density at radius 3 is 2.22 bits per heavy atom. The van der Waals surface area contributed by atoms with Crippen LogP contribution < -0.4 is 10.1 Å². The third-order valence-electron chi connectivity index (χ3n) is 3.41. The average Bonchev–Trinajstić information content (AvgIpc) is 2.41. The predicted molar refractivity (Wildman–Crippen MR) is 70.8 cm³/mol. The Balaban J connectivity index is 2.69. The Bertz CT molecular complexity index is 383. The maximum atomic E-state index is 11.3. The van der Waals surface area contributed by atoms with Crippen LogP contribution in [0.5, 0.6) is 5.75 Å². The van der Waals surface area contributed by atoms with E-state index in [4.69, 9.17) is 4.74 Å². The molecule has 0 aliphatic heterocycles. The highest BCUT2D eigenvalue weighted by Crippen LogP contribution is 2.17. The zero-order chi connectivity index (χ0) is 13.6. The molecule has 0 unspecified atom stereocenters. The molecule has 0 fully saturated rings. The van der Waals surface area contributed by atoms with Gasteiger partial charge in [0.2, 0.25) is 0 Å². The molecular formula is C14H21NO3. The van der Waals surface area contributed by atoms with Gasteiger partial charge in [-0.3, -0.25) is 10.1 Å². The van der Waals surface area contributed by atoms with Crippen molar-refractivity contribution < 1.29 is 14.6 Å². The van der Waals surface area contributed by atoms with Crippen LogP contribution in [-0.2, 0) is 11.3 Å². The topological polar surface area (TPSA) is 58.6 Å². The summed E-state index contributed by atoms with van der Waals surface area (Å²) in [6.45, 7) is 4.31. The van der Waals surface area contributed by atoms with Gasteiger partial charge in [0.05, 0.1) is 7.11 Å². The zero-order valence-electron chi connectivity index (χ0n) is 11.2. The summed E-state index contributed by atoms with van der Waals surface area (Å²) in [6, 6.07) is 7.61. The average molecular weight is 251 g/mol. The summed E-state index contributed by atoms with van der Waals surface area (Å²) in [5, 5.41) is 12.4. The molecule has 1 rings (SSSR count). The Labute approximate surface area is 108 Å². The van der Waals surface area contributed by atoms with Gasteiger partial charge in [-0.05, 0) is 30.5 Å². The van der Waals surface area contributed by atoms with Crippen molar-refractivity contribution >= 4 is 5.97 Å². The standard InChI is InChI=1S/C14H21NO3/c1-4-14(5-2,13(16)17)15-10-11-6-8-12(18-3)9-7-11/h6-9,15H,4-5,10H2,1-3H3,(H,16,17). The van der Waals surface area contributed by atoms with Crippen molar-refractivity contribution in [3.63, 3.8) is 0 Å². The third-order valence-corrected chi connectivity index (χ3v) is 3.41. The monoisotopic (exact) mass is 251 g/mol. The van der Waals surface area contributed by atoms with E-state index in [1.54, 1.807) is 7.11 Å². The Kier molecular flexibility index (Phi) is 5.16. The SMILES string of the molecule is CCC(CC)(NCc1ccc(OC)cc1)C(=O)O. The highest BCUT2D eigenvalue weighted by atomic mass is 16.5.